The zero-order valence-corrected chi connectivity index (χ0v) is 15.8. The maximum atomic E-state index is 13.3. The first kappa shape index (κ1) is 19.7. The van der Waals surface area contributed by atoms with E-state index >= 15 is 0 Å². The summed E-state index contributed by atoms with van der Waals surface area (Å²) in [4.78, 5) is 29.9. The van der Waals surface area contributed by atoms with Crippen LogP contribution in [0.15, 0.2) is 30.3 Å². The van der Waals surface area contributed by atoms with Crippen molar-refractivity contribution < 1.29 is 9.59 Å². The topological polar surface area (TPSA) is 66.6 Å². The van der Waals surface area contributed by atoms with E-state index in [0.29, 0.717) is 31.1 Å². The fourth-order valence-electron chi connectivity index (χ4n) is 4.15. The molecule has 2 aliphatic heterocycles. The van der Waals surface area contributed by atoms with Crippen molar-refractivity contribution in [3.8, 4) is 0 Å². The first-order valence-electron chi connectivity index (χ1n) is 8.85. The van der Waals surface area contributed by atoms with E-state index in [4.69, 9.17) is 5.73 Å². The number of halogens is 1. The Kier molecular flexibility index (Phi) is 6.12. The summed E-state index contributed by atoms with van der Waals surface area (Å²) in [5.74, 6) is 0.395. The van der Waals surface area contributed by atoms with E-state index < -0.39 is 5.54 Å². The normalized spacial score (nSPS) is 28.8. The Morgan fingerprint density at radius 1 is 1.28 bits per heavy atom. The molecule has 1 aromatic rings. The number of amides is 2. The third kappa shape index (κ3) is 3.53. The van der Waals surface area contributed by atoms with Crippen LogP contribution >= 0.6 is 12.4 Å². The average molecular weight is 366 g/mol. The zero-order chi connectivity index (χ0) is 17.3. The van der Waals surface area contributed by atoms with Crippen LogP contribution in [-0.2, 0) is 4.79 Å². The second-order valence-electron chi connectivity index (χ2n) is 7.34. The van der Waals surface area contributed by atoms with Crippen molar-refractivity contribution in [2.45, 2.75) is 44.7 Å². The molecule has 2 fully saturated rings. The molecule has 2 N–H and O–H groups in total. The summed E-state index contributed by atoms with van der Waals surface area (Å²) in [5, 5.41) is 0. The van der Waals surface area contributed by atoms with Crippen LogP contribution in [0.2, 0.25) is 0 Å². The Bertz CT molecular complexity index is 624. The molecule has 0 aliphatic carbocycles. The number of hydrogen-bond donors (Lipinski definition) is 1. The minimum Gasteiger partial charge on any atom is -0.338 e. The highest BCUT2D eigenvalue weighted by Gasteiger charge is 2.49. The predicted molar refractivity (Wildman–Crippen MR) is 101 cm³/mol. The van der Waals surface area contributed by atoms with Crippen LogP contribution in [0.4, 0.5) is 0 Å². The Hall–Kier alpha value is -1.59. The maximum absolute atomic E-state index is 13.3. The van der Waals surface area contributed by atoms with Crippen LogP contribution < -0.4 is 5.73 Å². The fourth-order valence-corrected chi connectivity index (χ4v) is 4.15. The number of benzene rings is 1. The van der Waals surface area contributed by atoms with E-state index in [1.807, 2.05) is 42.2 Å². The molecular weight excluding hydrogens is 338 g/mol. The van der Waals surface area contributed by atoms with Crippen LogP contribution in [0.1, 0.15) is 43.5 Å². The number of carbonyl (C=O) groups is 2. The third-order valence-electron chi connectivity index (χ3n) is 5.62. The summed E-state index contributed by atoms with van der Waals surface area (Å²) in [6.45, 7) is 5.95. The predicted octanol–water partition coefficient (Wildman–Crippen LogP) is 2.30. The highest BCUT2D eigenvalue weighted by Crippen LogP contribution is 2.35. The lowest BCUT2D eigenvalue weighted by atomic mass is 9.95. The first-order valence-corrected chi connectivity index (χ1v) is 8.85. The van der Waals surface area contributed by atoms with Crippen LogP contribution in [0.3, 0.4) is 0 Å². The molecule has 0 spiro atoms. The maximum Gasteiger partial charge on any atom is 0.254 e. The van der Waals surface area contributed by atoms with Crippen LogP contribution in [0.25, 0.3) is 0 Å². The van der Waals surface area contributed by atoms with Crippen molar-refractivity contribution in [2.75, 3.05) is 19.6 Å². The molecule has 3 atom stereocenters. The lowest BCUT2D eigenvalue weighted by molar-refractivity contribution is -0.141. The summed E-state index contributed by atoms with van der Waals surface area (Å²) in [6, 6.07) is 9.43. The molecule has 2 aliphatic rings. The second-order valence-corrected chi connectivity index (χ2v) is 7.34. The molecule has 0 saturated carbocycles. The number of rotatable bonds is 3. The summed E-state index contributed by atoms with van der Waals surface area (Å²) in [7, 11) is 0. The Labute approximate surface area is 155 Å². The summed E-state index contributed by atoms with van der Waals surface area (Å²) >= 11 is 0. The fraction of sp³-hybridized carbons (Fsp3) is 0.579. The van der Waals surface area contributed by atoms with Crippen molar-refractivity contribution in [3.05, 3.63) is 35.9 Å². The van der Waals surface area contributed by atoms with E-state index in [0.717, 1.165) is 19.3 Å². The Morgan fingerprint density at radius 3 is 2.56 bits per heavy atom. The van der Waals surface area contributed by atoms with Gasteiger partial charge in [0.1, 0.15) is 5.54 Å². The molecule has 25 heavy (non-hydrogen) atoms. The van der Waals surface area contributed by atoms with Gasteiger partial charge in [0.2, 0.25) is 5.91 Å². The lowest BCUT2D eigenvalue weighted by Crippen LogP contribution is -2.57. The van der Waals surface area contributed by atoms with Crippen molar-refractivity contribution >= 4 is 24.2 Å². The number of hydrogen-bond acceptors (Lipinski definition) is 3. The van der Waals surface area contributed by atoms with Gasteiger partial charge >= 0.3 is 0 Å². The largest absolute Gasteiger partial charge is 0.338 e. The van der Waals surface area contributed by atoms with E-state index in [1.54, 1.807) is 4.90 Å². The molecule has 6 heteroatoms. The standard InChI is InChI=1S/C19H27N3O2.ClH/c1-14-11-15(12-20)13-21(14)18(24)19(2)9-6-10-22(19)17(23)16-7-4-3-5-8-16;/h3-5,7-8,14-15H,6,9-13,20H2,1-2H3;1H. The minimum atomic E-state index is -0.745. The van der Waals surface area contributed by atoms with Gasteiger partial charge < -0.3 is 15.5 Å². The van der Waals surface area contributed by atoms with Crippen LogP contribution in [0.5, 0.6) is 0 Å². The zero-order valence-electron chi connectivity index (χ0n) is 15.0. The highest BCUT2D eigenvalue weighted by molar-refractivity contribution is 5.99. The van der Waals surface area contributed by atoms with Gasteiger partial charge in [0.05, 0.1) is 0 Å². The molecule has 1 aromatic carbocycles. The monoisotopic (exact) mass is 365 g/mol. The van der Waals surface area contributed by atoms with Crippen LogP contribution in [0, 0.1) is 5.92 Å². The van der Waals surface area contributed by atoms with Gasteiger partial charge in [-0.25, -0.2) is 0 Å². The van der Waals surface area contributed by atoms with Crippen molar-refractivity contribution in [2.24, 2.45) is 11.7 Å². The van der Waals surface area contributed by atoms with Crippen LogP contribution in [-0.4, -0.2) is 52.8 Å². The number of likely N-dealkylation sites (tertiary alicyclic amines) is 2. The van der Waals surface area contributed by atoms with Crippen molar-refractivity contribution in [1.29, 1.82) is 0 Å². The van der Waals surface area contributed by atoms with Gasteiger partial charge in [-0.2, -0.15) is 0 Å². The second kappa shape index (κ2) is 7.75. The first-order chi connectivity index (χ1) is 11.5. The van der Waals surface area contributed by atoms with E-state index in [1.165, 1.54) is 0 Å². The van der Waals surface area contributed by atoms with E-state index in [2.05, 4.69) is 6.92 Å². The molecule has 0 bridgehead atoms. The molecule has 2 saturated heterocycles. The SMILES string of the molecule is CC1CC(CN)CN1C(=O)C1(C)CCCN1C(=O)c1ccccc1.Cl. The van der Waals surface area contributed by atoms with Gasteiger partial charge in [0.15, 0.2) is 0 Å². The molecular formula is C19H28ClN3O2. The quantitative estimate of drug-likeness (QED) is 0.893. The number of carbonyl (C=O) groups excluding carboxylic acids is 2. The lowest BCUT2D eigenvalue weighted by Gasteiger charge is -2.38. The average Bonchev–Trinajstić information content (AvgIpc) is 3.18. The minimum absolute atomic E-state index is 0. The summed E-state index contributed by atoms with van der Waals surface area (Å²) in [5.41, 5.74) is 5.69. The van der Waals surface area contributed by atoms with Gasteiger partial charge in [-0.05, 0) is 57.7 Å². The molecule has 3 rings (SSSR count). The summed E-state index contributed by atoms with van der Waals surface area (Å²) in [6.07, 6.45) is 2.54. The van der Waals surface area contributed by atoms with Gasteiger partial charge in [0.25, 0.3) is 5.91 Å². The Morgan fingerprint density at radius 2 is 1.96 bits per heavy atom. The van der Waals surface area contributed by atoms with Gasteiger partial charge in [0, 0.05) is 24.7 Å². The third-order valence-corrected chi connectivity index (χ3v) is 5.62. The van der Waals surface area contributed by atoms with E-state index in [9.17, 15) is 9.59 Å². The van der Waals surface area contributed by atoms with Crippen molar-refractivity contribution in [3.63, 3.8) is 0 Å². The molecule has 138 valence electrons. The van der Waals surface area contributed by atoms with Gasteiger partial charge in [-0.15, -0.1) is 12.4 Å². The molecule has 5 nitrogen and oxygen atoms in total. The molecule has 3 unspecified atom stereocenters. The Balaban J connectivity index is 0.00000225. The molecule has 0 radical (unpaired) electrons. The molecule has 2 heterocycles. The molecule has 0 aromatic heterocycles. The van der Waals surface area contributed by atoms with Gasteiger partial charge in [-0.3, -0.25) is 9.59 Å². The highest BCUT2D eigenvalue weighted by atomic mass is 35.5. The summed E-state index contributed by atoms with van der Waals surface area (Å²) < 4.78 is 0. The van der Waals surface area contributed by atoms with Crippen molar-refractivity contribution in [1.82, 2.24) is 9.80 Å². The molecule has 2 amide bonds. The smallest absolute Gasteiger partial charge is 0.254 e. The number of nitrogens with two attached hydrogens (primary N) is 1. The van der Waals surface area contributed by atoms with E-state index in [-0.39, 0.29) is 30.3 Å². The van der Waals surface area contributed by atoms with Gasteiger partial charge in [-0.1, -0.05) is 18.2 Å². The number of nitrogens with zero attached hydrogens (tertiary/aromatic N) is 2.